The molecule has 0 aromatic rings. The zero-order chi connectivity index (χ0) is 10.8. The molecule has 17 heavy (non-hydrogen) atoms. The van der Waals surface area contributed by atoms with Gasteiger partial charge in [0, 0.05) is 36.5 Å². The average molecular weight is 220 g/mol. The van der Waals surface area contributed by atoms with Crippen LogP contribution >= 0.6 is 0 Å². The molecule has 0 saturated carbocycles. The first-order chi connectivity index (χ1) is 8.39. The summed E-state index contributed by atoms with van der Waals surface area (Å²) in [6.45, 7) is 0. The van der Waals surface area contributed by atoms with Crippen LogP contribution in [-0.2, 0) is 0 Å². The van der Waals surface area contributed by atoms with Crippen molar-refractivity contribution in [2.24, 2.45) is 11.8 Å². The van der Waals surface area contributed by atoms with Gasteiger partial charge in [-0.05, 0) is 0 Å². The predicted molar refractivity (Wildman–Crippen MR) is 63.9 cm³/mol. The second kappa shape index (κ2) is 1.92. The molecule has 0 aromatic heterocycles. The molecular formula is C15H12N2+2. The van der Waals surface area contributed by atoms with E-state index in [0.717, 1.165) is 0 Å². The highest BCUT2D eigenvalue weighted by Gasteiger charge is 2.79. The van der Waals surface area contributed by atoms with Crippen molar-refractivity contribution in [3.8, 4) is 0 Å². The summed E-state index contributed by atoms with van der Waals surface area (Å²) in [7, 11) is 0. The molecule has 2 nitrogen and oxygen atoms in total. The minimum atomic E-state index is 0.238. The smallest absolute Gasteiger partial charge is 0.131 e. The first-order valence-electron chi connectivity index (χ1n) is 6.51. The molecule has 0 aliphatic carbocycles. The van der Waals surface area contributed by atoms with Crippen LogP contribution < -0.4 is 0 Å². The summed E-state index contributed by atoms with van der Waals surface area (Å²) in [6.07, 6.45) is 16.7. The Hall–Kier alpha value is -1.70. The van der Waals surface area contributed by atoms with Gasteiger partial charge in [-0.25, -0.2) is 0 Å². The lowest BCUT2D eigenvalue weighted by Gasteiger charge is -2.17. The topological polar surface area (TPSA) is 6.02 Å². The number of hydrogen-bond donors (Lipinski definition) is 0. The van der Waals surface area contributed by atoms with E-state index < -0.39 is 0 Å². The van der Waals surface area contributed by atoms with Gasteiger partial charge in [-0.15, -0.1) is 9.15 Å². The van der Waals surface area contributed by atoms with Crippen molar-refractivity contribution in [1.82, 2.24) is 0 Å². The lowest BCUT2D eigenvalue weighted by molar-refractivity contribution is -0.772. The Kier molecular flexibility index (Phi) is 0.857. The van der Waals surface area contributed by atoms with Crippen LogP contribution in [-0.4, -0.2) is 26.2 Å². The molecule has 2 atom stereocenters. The molecule has 6 aliphatic rings. The van der Waals surface area contributed by atoms with Crippen LogP contribution in [0.5, 0.6) is 0 Å². The average Bonchev–Trinajstić information content (AvgIpc) is 2.97. The minimum absolute atomic E-state index is 0.238. The molecule has 80 valence electrons. The molecule has 0 aromatic carbocycles. The summed E-state index contributed by atoms with van der Waals surface area (Å²) >= 11 is 0. The van der Waals surface area contributed by atoms with Crippen LogP contribution in [0.4, 0.5) is 0 Å². The van der Waals surface area contributed by atoms with E-state index in [0.29, 0.717) is 11.8 Å². The largest absolute Gasteiger partial charge is 0.376 e. The zero-order valence-electron chi connectivity index (χ0n) is 9.43. The lowest BCUT2D eigenvalue weighted by atomic mass is 9.84. The van der Waals surface area contributed by atoms with Gasteiger partial charge in [-0.3, -0.25) is 0 Å². The predicted octanol–water partition coefficient (Wildman–Crippen LogP) is 1.56. The summed E-state index contributed by atoms with van der Waals surface area (Å²) in [5.41, 5.74) is 6.21. The highest BCUT2D eigenvalue weighted by atomic mass is 15.4. The van der Waals surface area contributed by atoms with Crippen molar-refractivity contribution < 1.29 is 9.15 Å². The van der Waals surface area contributed by atoms with Crippen LogP contribution in [0.1, 0.15) is 12.8 Å². The van der Waals surface area contributed by atoms with Crippen LogP contribution in [0.15, 0.2) is 47.9 Å². The Labute approximate surface area is 99.3 Å². The summed E-state index contributed by atoms with van der Waals surface area (Å²) < 4.78 is 5.26. The number of nitrogens with zero attached hydrogens (tertiary/aromatic N) is 2. The maximum Gasteiger partial charge on any atom is 0.376 e. The molecule has 0 radical (unpaired) electrons. The molecule has 2 heteroatoms. The third-order valence-electron chi connectivity index (χ3n) is 5.39. The Balaban J connectivity index is 1.79. The third kappa shape index (κ3) is 0.523. The molecule has 2 unspecified atom stereocenters. The summed E-state index contributed by atoms with van der Waals surface area (Å²) in [6, 6.07) is 0. The molecule has 0 N–H and O–H groups in total. The standard InChI is InChI=1S/C15H12N2/c1-2-12-6-10-8-14-4-3-13-7-9-5-11(1)16(12)15(9,10)17(13)14/h1-5,8-10H,6-7H2/q+2. The Morgan fingerprint density at radius 2 is 1.35 bits per heavy atom. The van der Waals surface area contributed by atoms with E-state index in [2.05, 4.69) is 45.6 Å². The fourth-order valence-corrected chi connectivity index (χ4v) is 5.01. The van der Waals surface area contributed by atoms with Gasteiger partial charge < -0.3 is 0 Å². The molecule has 0 bridgehead atoms. The summed E-state index contributed by atoms with van der Waals surface area (Å²) in [5, 5.41) is 0. The van der Waals surface area contributed by atoms with Crippen molar-refractivity contribution in [1.29, 1.82) is 0 Å². The van der Waals surface area contributed by atoms with Crippen LogP contribution in [0.2, 0.25) is 0 Å². The highest BCUT2D eigenvalue weighted by molar-refractivity contribution is 5.98. The van der Waals surface area contributed by atoms with E-state index >= 15 is 0 Å². The van der Waals surface area contributed by atoms with E-state index in [4.69, 9.17) is 0 Å². The van der Waals surface area contributed by atoms with Crippen molar-refractivity contribution in [3.05, 3.63) is 47.9 Å². The number of rotatable bonds is 0. The van der Waals surface area contributed by atoms with Crippen molar-refractivity contribution in [3.63, 3.8) is 0 Å². The maximum absolute atomic E-state index is 2.63. The van der Waals surface area contributed by atoms with Crippen molar-refractivity contribution in [2.75, 3.05) is 0 Å². The van der Waals surface area contributed by atoms with Gasteiger partial charge in [0.15, 0.2) is 11.4 Å². The van der Waals surface area contributed by atoms with Crippen LogP contribution in [0.25, 0.3) is 0 Å². The Morgan fingerprint density at radius 3 is 1.88 bits per heavy atom. The Bertz CT molecular complexity index is 647. The van der Waals surface area contributed by atoms with Gasteiger partial charge in [0.2, 0.25) is 11.4 Å². The second-order valence-electron chi connectivity index (χ2n) is 5.91. The van der Waals surface area contributed by atoms with Gasteiger partial charge in [-0.1, -0.05) is 0 Å². The minimum Gasteiger partial charge on any atom is -0.131 e. The second-order valence-corrected chi connectivity index (χ2v) is 5.91. The van der Waals surface area contributed by atoms with Crippen LogP contribution in [0, 0.1) is 11.8 Å². The first kappa shape index (κ1) is 7.59. The number of allylic oxidation sites excluding steroid dienone is 4. The van der Waals surface area contributed by atoms with Gasteiger partial charge in [0.25, 0.3) is 0 Å². The van der Waals surface area contributed by atoms with Gasteiger partial charge in [0.05, 0.1) is 12.8 Å². The van der Waals surface area contributed by atoms with E-state index in [1.54, 1.807) is 0 Å². The van der Waals surface area contributed by atoms with E-state index in [1.165, 1.54) is 35.7 Å². The Morgan fingerprint density at radius 1 is 0.824 bits per heavy atom. The SMILES string of the molecule is C1=CC2=[N+]3C1=CC1CC4=[N+]5C(=CC(C2)C135)C=C4. The maximum atomic E-state index is 2.63. The van der Waals surface area contributed by atoms with Crippen molar-refractivity contribution in [2.45, 2.75) is 18.5 Å². The van der Waals surface area contributed by atoms with Gasteiger partial charge in [-0.2, -0.15) is 0 Å². The van der Waals surface area contributed by atoms with Crippen molar-refractivity contribution >= 4 is 11.4 Å². The molecule has 0 amide bonds. The number of hydrogen-bond acceptors (Lipinski definition) is 0. The lowest BCUT2D eigenvalue weighted by Crippen LogP contribution is -2.48. The quantitative estimate of drug-likeness (QED) is 0.547. The van der Waals surface area contributed by atoms with E-state index in [-0.39, 0.29) is 5.66 Å². The van der Waals surface area contributed by atoms with Crippen LogP contribution in [0.3, 0.4) is 0 Å². The van der Waals surface area contributed by atoms with E-state index in [9.17, 15) is 0 Å². The third-order valence-corrected chi connectivity index (χ3v) is 5.39. The molecule has 0 fully saturated rings. The molecule has 6 aliphatic heterocycles. The van der Waals surface area contributed by atoms with Gasteiger partial charge in [0.1, 0.15) is 11.8 Å². The summed E-state index contributed by atoms with van der Waals surface area (Å²) in [5.74, 6) is 1.39. The molecular weight excluding hydrogens is 208 g/mol. The molecule has 6 rings (SSSR count). The highest BCUT2D eigenvalue weighted by Crippen LogP contribution is 2.58. The van der Waals surface area contributed by atoms with Gasteiger partial charge >= 0.3 is 5.66 Å². The zero-order valence-corrected chi connectivity index (χ0v) is 9.43. The molecule has 0 saturated heterocycles. The summed E-state index contributed by atoms with van der Waals surface area (Å²) in [4.78, 5) is 0. The fraction of sp³-hybridized carbons (Fsp3) is 0.333. The first-order valence-corrected chi connectivity index (χ1v) is 6.51. The monoisotopic (exact) mass is 220 g/mol. The normalized spacial score (nSPS) is 45.2. The molecule has 1 spiro atoms. The molecule has 6 heterocycles. The van der Waals surface area contributed by atoms with E-state index in [1.807, 2.05) is 0 Å². The fourth-order valence-electron chi connectivity index (χ4n) is 5.01.